The fourth-order valence-corrected chi connectivity index (χ4v) is 1.87. The summed E-state index contributed by atoms with van der Waals surface area (Å²) >= 11 is 0. The summed E-state index contributed by atoms with van der Waals surface area (Å²) in [7, 11) is 0. The van der Waals surface area contributed by atoms with Crippen molar-refractivity contribution < 1.29 is 13.2 Å². The van der Waals surface area contributed by atoms with Gasteiger partial charge in [0.1, 0.15) is 6.04 Å². The second kappa shape index (κ2) is 4.87. The molecule has 0 spiro atoms. The quantitative estimate of drug-likeness (QED) is 0.839. The predicted octanol–water partition coefficient (Wildman–Crippen LogP) is 3.52. The maximum Gasteiger partial charge on any atom is 0.407 e. The zero-order valence-corrected chi connectivity index (χ0v) is 9.65. The minimum absolute atomic E-state index is 0.290. The van der Waals surface area contributed by atoms with Gasteiger partial charge < -0.3 is 5.32 Å². The fourth-order valence-electron chi connectivity index (χ4n) is 1.87. The molecular weight excluding hydrogens is 215 g/mol. The van der Waals surface area contributed by atoms with E-state index < -0.39 is 12.2 Å². The Bertz CT molecular complexity index is 338. The Morgan fingerprint density at radius 3 is 2.06 bits per heavy atom. The molecule has 0 aliphatic carbocycles. The average Bonchev–Trinajstić information content (AvgIpc) is 2.14. The second-order valence-electron chi connectivity index (χ2n) is 3.84. The van der Waals surface area contributed by atoms with Crippen molar-refractivity contribution in [1.82, 2.24) is 5.32 Å². The molecule has 0 saturated carbocycles. The molecule has 1 aromatic carbocycles. The van der Waals surface area contributed by atoms with E-state index in [9.17, 15) is 13.2 Å². The third kappa shape index (κ3) is 2.76. The molecule has 1 unspecified atom stereocenters. The van der Waals surface area contributed by atoms with Crippen LogP contribution in [-0.2, 0) is 0 Å². The summed E-state index contributed by atoms with van der Waals surface area (Å²) in [6.07, 6.45) is -4.26. The molecular formula is C12H16F3N. The highest BCUT2D eigenvalue weighted by atomic mass is 19.4. The Labute approximate surface area is 93.7 Å². The fraction of sp³-hybridized carbons (Fsp3) is 0.500. The molecule has 0 saturated heterocycles. The molecule has 0 bridgehead atoms. The molecule has 16 heavy (non-hydrogen) atoms. The summed E-state index contributed by atoms with van der Waals surface area (Å²) in [5.74, 6) is 0. The van der Waals surface area contributed by atoms with Gasteiger partial charge in [0.2, 0.25) is 0 Å². The van der Waals surface area contributed by atoms with Gasteiger partial charge in [-0.05, 0) is 37.1 Å². The first-order chi connectivity index (χ1) is 7.38. The van der Waals surface area contributed by atoms with Crippen molar-refractivity contribution in [2.45, 2.75) is 33.0 Å². The summed E-state index contributed by atoms with van der Waals surface area (Å²) in [6, 6.07) is 3.61. The Morgan fingerprint density at radius 2 is 1.69 bits per heavy atom. The van der Waals surface area contributed by atoms with Gasteiger partial charge in [-0.3, -0.25) is 0 Å². The third-order valence-electron chi connectivity index (χ3n) is 2.57. The van der Waals surface area contributed by atoms with Gasteiger partial charge >= 0.3 is 6.18 Å². The van der Waals surface area contributed by atoms with Gasteiger partial charge in [0, 0.05) is 0 Å². The minimum atomic E-state index is -4.26. The van der Waals surface area contributed by atoms with Crippen LogP contribution in [0.5, 0.6) is 0 Å². The number of aryl methyl sites for hydroxylation is 2. The molecule has 0 aromatic heterocycles. The second-order valence-corrected chi connectivity index (χ2v) is 3.84. The van der Waals surface area contributed by atoms with Crippen molar-refractivity contribution in [3.63, 3.8) is 0 Å². The lowest BCUT2D eigenvalue weighted by Crippen LogP contribution is -2.35. The summed E-state index contributed by atoms with van der Waals surface area (Å²) in [5, 5.41) is 2.50. The SMILES string of the molecule is CCNC(c1c(C)cccc1C)C(F)(F)F. The van der Waals surface area contributed by atoms with Crippen molar-refractivity contribution in [1.29, 1.82) is 0 Å². The topological polar surface area (TPSA) is 12.0 Å². The number of hydrogen-bond acceptors (Lipinski definition) is 1. The predicted molar refractivity (Wildman–Crippen MR) is 58.4 cm³/mol. The molecule has 0 amide bonds. The van der Waals surface area contributed by atoms with Gasteiger partial charge in [0.15, 0.2) is 0 Å². The zero-order chi connectivity index (χ0) is 12.3. The van der Waals surface area contributed by atoms with Crippen molar-refractivity contribution in [2.24, 2.45) is 0 Å². The van der Waals surface area contributed by atoms with Gasteiger partial charge in [-0.1, -0.05) is 25.1 Å². The lowest BCUT2D eigenvalue weighted by Gasteiger charge is -2.24. The lowest BCUT2D eigenvalue weighted by molar-refractivity contribution is -0.157. The summed E-state index contributed by atoms with van der Waals surface area (Å²) in [4.78, 5) is 0. The molecule has 4 heteroatoms. The molecule has 1 N–H and O–H groups in total. The number of rotatable bonds is 3. The number of benzene rings is 1. The number of halogens is 3. The maximum absolute atomic E-state index is 12.9. The van der Waals surface area contributed by atoms with Crippen LogP contribution in [-0.4, -0.2) is 12.7 Å². The molecule has 1 rings (SSSR count). The van der Waals surface area contributed by atoms with Gasteiger partial charge in [-0.25, -0.2) is 0 Å². The monoisotopic (exact) mass is 231 g/mol. The molecule has 0 aliphatic rings. The smallest absolute Gasteiger partial charge is 0.303 e. The highest BCUT2D eigenvalue weighted by molar-refractivity contribution is 5.37. The van der Waals surface area contributed by atoms with E-state index in [-0.39, 0.29) is 6.54 Å². The van der Waals surface area contributed by atoms with E-state index in [1.165, 1.54) is 0 Å². The summed E-state index contributed by atoms with van der Waals surface area (Å²) < 4.78 is 38.7. The number of nitrogens with one attached hydrogen (secondary N) is 1. The molecule has 90 valence electrons. The van der Waals surface area contributed by atoms with E-state index in [1.54, 1.807) is 39.0 Å². The van der Waals surface area contributed by atoms with Crippen LogP contribution < -0.4 is 5.32 Å². The Balaban J connectivity index is 3.21. The van der Waals surface area contributed by atoms with Gasteiger partial charge in [0.05, 0.1) is 0 Å². The van der Waals surface area contributed by atoms with Crippen LogP contribution in [0.2, 0.25) is 0 Å². The van der Waals surface area contributed by atoms with Crippen molar-refractivity contribution in [3.8, 4) is 0 Å². The Kier molecular flexibility index (Phi) is 3.97. The highest BCUT2D eigenvalue weighted by Gasteiger charge is 2.41. The Hall–Kier alpha value is -1.03. The molecule has 0 fully saturated rings. The van der Waals surface area contributed by atoms with Gasteiger partial charge in [-0.2, -0.15) is 13.2 Å². The third-order valence-corrected chi connectivity index (χ3v) is 2.57. The zero-order valence-electron chi connectivity index (χ0n) is 9.65. The summed E-state index contributed by atoms with van der Waals surface area (Å²) in [5.41, 5.74) is 1.68. The van der Waals surface area contributed by atoms with Crippen molar-refractivity contribution >= 4 is 0 Å². The molecule has 1 nitrogen and oxygen atoms in total. The van der Waals surface area contributed by atoms with Crippen LogP contribution >= 0.6 is 0 Å². The van der Waals surface area contributed by atoms with Crippen LogP contribution in [0.4, 0.5) is 13.2 Å². The lowest BCUT2D eigenvalue weighted by atomic mass is 9.95. The first-order valence-corrected chi connectivity index (χ1v) is 5.24. The maximum atomic E-state index is 12.9. The van der Waals surface area contributed by atoms with Crippen LogP contribution in [0, 0.1) is 13.8 Å². The van der Waals surface area contributed by atoms with Crippen LogP contribution in [0.15, 0.2) is 18.2 Å². The van der Waals surface area contributed by atoms with E-state index in [0.29, 0.717) is 16.7 Å². The van der Waals surface area contributed by atoms with Gasteiger partial charge in [-0.15, -0.1) is 0 Å². The number of alkyl halides is 3. The largest absolute Gasteiger partial charge is 0.407 e. The van der Waals surface area contributed by atoms with Gasteiger partial charge in [0.25, 0.3) is 0 Å². The molecule has 0 aliphatic heterocycles. The number of hydrogen-bond donors (Lipinski definition) is 1. The van der Waals surface area contributed by atoms with E-state index in [4.69, 9.17) is 0 Å². The average molecular weight is 231 g/mol. The van der Waals surface area contributed by atoms with Crippen molar-refractivity contribution in [2.75, 3.05) is 6.54 Å². The Morgan fingerprint density at radius 1 is 1.19 bits per heavy atom. The molecule has 1 atom stereocenters. The standard InChI is InChI=1S/C12H16F3N/c1-4-16-11(12(13,14)15)10-8(2)6-5-7-9(10)3/h5-7,11,16H,4H2,1-3H3. The normalized spacial score (nSPS) is 13.9. The van der Waals surface area contributed by atoms with E-state index in [2.05, 4.69) is 5.32 Å². The van der Waals surface area contributed by atoms with E-state index >= 15 is 0 Å². The highest BCUT2D eigenvalue weighted by Crippen LogP contribution is 2.35. The molecule has 1 aromatic rings. The van der Waals surface area contributed by atoms with Crippen molar-refractivity contribution in [3.05, 3.63) is 34.9 Å². The first-order valence-electron chi connectivity index (χ1n) is 5.24. The first kappa shape index (κ1) is 13.0. The molecule has 0 heterocycles. The summed E-state index contributed by atoms with van der Waals surface area (Å²) in [6.45, 7) is 5.38. The van der Waals surface area contributed by atoms with Crippen LogP contribution in [0.3, 0.4) is 0 Å². The van der Waals surface area contributed by atoms with E-state index in [0.717, 1.165) is 0 Å². The van der Waals surface area contributed by atoms with Crippen LogP contribution in [0.25, 0.3) is 0 Å². The molecule has 0 radical (unpaired) electrons. The van der Waals surface area contributed by atoms with E-state index in [1.807, 2.05) is 0 Å². The minimum Gasteiger partial charge on any atom is -0.303 e. The van der Waals surface area contributed by atoms with Crippen LogP contribution in [0.1, 0.15) is 29.7 Å².